The van der Waals surface area contributed by atoms with E-state index in [1.165, 1.54) is 17.3 Å². The Morgan fingerprint density at radius 3 is 2.36 bits per heavy atom. The number of likely N-dealkylation sites (N-methyl/N-ethyl adjacent to an activating group) is 1. The third-order valence-electron chi connectivity index (χ3n) is 6.22. The molecule has 8 heteroatoms. The molecule has 1 N–H and O–H groups in total. The molecular formula is C28H30N6OS. The number of nitrogens with zero attached hydrogens (tertiary/aromatic N) is 5. The van der Waals surface area contributed by atoms with Crippen LogP contribution < -0.4 is 5.32 Å². The largest absolute Gasteiger partial charge is 0.325 e. The fraction of sp³-hybridized carbons (Fsp3) is 0.250. The number of carbonyl (C=O) groups excluding carboxylic acids is 1. The van der Waals surface area contributed by atoms with Gasteiger partial charge in [-0.2, -0.15) is 0 Å². The second-order valence-electron chi connectivity index (χ2n) is 8.96. The molecular weight excluding hydrogens is 468 g/mol. The van der Waals surface area contributed by atoms with Crippen LogP contribution in [0.3, 0.4) is 0 Å². The smallest absolute Gasteiger partial charge is 0.234 e. The minimum atomic E-state index is -0.0689. The van der Waals surface area contributed by atoms with Crippen LogP contribution in [-0.2, 0) is 11.3 Å². The summed E-state index contributed by atoms with van der Waals surface area (Å²) < 4.78 is 2.00. The summed E-state index contributed by atoms with van der Waals surface area (Å²) in [5, 5.41) is 12.6. The van der Waals surface area contributed by atoms with Crippen LogP contribution in [0.15, 0.2) is 90.1 Å². The Bertz CT molecular complexity index is 1290. The Hall–Kier alpha value is -3.46. The van der Waals surface area contributed by atoms with Crippen molar-refractivity contribution in [2.24, 2.45) is 0 Å². The van der Waals surface area contributed by atoms with E-state index in [0.29, 0.717) is 5.16 Å². The third kappa shape index (κ3) is 6.02. The van der Waals surface area contributed by atoms with Crippen molar-refractivity contribution in [2.45, 2.75) is 11.7 Å². The maximum atomic E-state index is 12.8. The van der Waals surface area contributed by atoms with Gasteiger partial charge in [0.05, 0.1) is 5.75 Å². The normalized spacial score (nSPS) is 14.6. The summed E-state index contributed by atoms with van der Waals surface area (Å²) in [5.41, 5.74) is 3.96. The van der Waals surface area contributed by atoms with E-state index in [-0.39, 0.29) is 11.7 Å². The fourth-order valence-electron chi connectivity index (χ4n) is 4.29. The monoisotopic (exact) mass is 498 g/mol. The van der Waals surface area contributed by atoms with Gasteiger partial charge >= 0.3 is 0 Å². The average molecular weight is 499 g/mol. The van der Waals surface area contributed by atoms with Crippen LogP contribution in [0, 0.1) is 0 Å². The summed E-state index contributed by atoms with van der Waals surface area (Å²) in [6, 6.07) is 28.1. The maximum Gasteiger partial charge on any atom is 0.234 e. The van der Waals surface area contributed by atoms with Crippen LogP contribution >= 0.6 is 11.8 Å². The van der Waals surface area contributed by atoms with E-state index < -0.39 is 0 Å². The van der Waals surface area contributed by atoms with Gasteiger partial charge < -0.3 is 10.2 Å². The predicted molar refractivity (Wildman–Crippen MR) is 145 cm³/mol. The molecule has 0 aliphatic carbocycles. The minimum absolute atomic E-state index is 0.0689. The van der Waals surface area contributed by atoms with Crippen molar-refractivity contribution < 1.29 is 4.79 Å². The maximum absolute atomic E-state index is 12.8. The Balaban J connectivity index is 1.25. The molecule has 3 aromatic carbocycles. The average Bonchev–Trinajstić information content (AvgIpc) is 3.34. The number of hydrogen-bond donors (Lipinski definition) is 1. The van der Waals surface area contributed by atoms with Crippen LogP contribution in [0.5, 0.6) is 0 Å². The predicted octanol–water partition coefficient (Wildman–Crippen LogP) is 4.41. The van der Waals surface area contributed by atoms with E-state index in [2.05, 4.69) is 44.5 Å². The lowest BCUT2D eigenvalue weighted by Crippen LogP contribution is -2.43. The summed E-state index contributed by atoms with van der Waals surface area (Å²) in [7, 11) is 2.16. The second-order valence-corrected chi connectivity index (χ2v) is 9.90. The molecule has 1 aliphatic heterocycles. The Morgan fingerprint density at radius 2 is 1.61 bits per heavy atom. The molecule has 1 amide bonds. The van der Waals surface area contributed by atoms with E-state index in [0.717, 1.165) is 55.5 Å². The molecule has 2 heterocycles. The van der Waals surface area contributed by atoms with Crippen molar-refractivity contribution in [3.63, 3.8) is 0 Å². The Kier molecular flexibility index (Phi) is 7.76. The van der Waals surface area contributed by atoms with Crippen LogP contribution in [-0.4, -0.2) is 69.5 Å². The number of carbonyl (C=O) groups is 1. The van der Waals surface area contributed by atoms with E-state index >= 15 is 0 Å². The molecule has 4 aromatic rings. The summed E-state index contributed by atoms with van der Waals surface area (Å²) in [5.74, 6) is 0.921. The quantitative estimate of drug-likeness (QED) is 0.363. The van der Waals surface area contributed by atoms with Gasteiger partial charge in [0, 0.05) is 49.7 Å². The molecule has 1 aromatic heterocycles. The number of thioether (sulfide) groups is 1. The van der Waals surface area contributed by atoms with Crippen molar-refractivity contribution in [3.05, 3.63) is 90.5 Å². The van der Waals surface area contributed by atoms with Gasteiger partial charge in [0.1, 0.15) is 0 Å². The number of aromatic nitrogens is 3. The van der Waals surface area contributed by atoms with Crippen molar-refractivity contribution in [2.75, 3.05) is 44.3 Å². The summed E-state index contributed by atoms with van der Waals surface area (Å²) in [6.07, 6.45) is 0. The lowest BCUT2D eigenvalue weighted by Gasteiger charge is -2.32. The zero-order valence-corrected chi connectivity index (χ0v) is 21.2. The first-order valence-corrected chi connectivity index (χ1v) is 13.1. The molecule has 0 radical (unpaired) electrons. The number of nitrogens with one attached hydrogen (secondary N) is 1. The SMILES string of the molecule is CN1CCN(Cc2cccc(NC(=O)CSc3nnc(-c4ccccc4)n3-c3ccccc3)c2)CC1. The van der Waals surface area contributed by atoms with Gasteiger partial charge in [-0.15, -0.1) is 10.2 Å². The molecule has 0 bridgehead atoms. The molecule has 5 rings (SSSR count). The number of anilines is 1. The summed E-state index contributed by atoms with van der Waals surface area (Å²) >= 11 is 1.38. The van der Waals surface area contributed by atoms with Gasteiger partial charge in [-0.1, -0.05) is 72.4 Å². The van der Waals surface area contributed by atoms with E-state index in [9.17, 15) is 4.79 Å². The standard InChI is InChI=1S/C28H30N6OS/c1-32-15-17-33(18-16-32)20-22-9-8-12-24(19-22)29-26(35)21-36-28-31-30-27(23-10-4-2-5-11-23)34(28)25-13-6-3-7-14-25/h2-14,19H,15-18,20-21H2,1H3,(H,29,35). The molecule has 1 saturated heterocycles. The number of hydrogen-bond acceptors (Lipinski definition) is 6. The van der Waals surface area contributed by atoms with Crippen molar-refractivity contribution in [1.82, 2.24) is 24.6 Å². The summed E-state index contributed by atoms with van der Waals surface area (Å²) in [6.45, 7) is 5.21. The van der Waals surface area contributed by atoms with Crippen LogP contribution in [0.2, 0.25) is 0 Å². The molecule has 0 spiro atoms. The van der Waals surface area contributed by atoms with Crippen molar-refractivity contribution >= 4 is 23.4 Å². The van der Waals surface area contributed by atoms with Gasteiger partial charge in [-0.3, -0.25) is 14.3 Å². The fourth-order valence-corrected chi connectivity index (χ4v) is 5.04. The molecule has 0 unspecified atom stereocenters. The van der Waals surface area contributed by atoms with Crippen LogP contribution in [0.1, 0.15) is 5.56 Å². The Labute approximate surface area is 216 Å². The number of rotatable bonds is 8. The van der Waals surface area contributed by atoms with Crippen molar-refractivity contribution in [1.29, 1.82) is 0 Å². The van der Waals surface area contributed by atoms with Gasteiger partial charge in [0.25, 0.3) is 0 Å². The zero-order chi connectivity index (χ0) is 24.7. The Morgan fingerprint density at radius 1 is 0.889 bits per heavy atom. The number of amides is 1. The van der Waals surface area contributed by atoms with Crippen molar-refractivity contribution in [3.8, 4) is 17.1 Å². The highest BCUT2D eigenvalue weighted by Crippen LogP contribution is 2.28. The number of para-hydroxylation sites is 1. The van der Waals surface area contributed by atoms with Crippen LogP contribution in [0.25, 0.3) is 17.1 Å². The second kappa shape index (κ2) is 11.5. The lowest BCUT2D eigenvalue weighted by atomic mass is 10.1. The first-order chi connectivity index (χ1) is 17.7. The molecule has 184 valence electrons. The zero-order valence-electron chi connectivity index (χ0n) is 20.4. The highest BCUT2D eigenvalue weighted by Gasteiger charge is 2.18. The summed E-state index contributed by atoms with van der Waals surface area (Å²) in [4.78, 5) is 17.7. The molecule has 36 heavy (non-hydrogen) atoms. The van der Waals surface area contributed by atoms with Gasteiger partial charge in [0.15, 0.2) is 11.0 Å². The number of benzene rings is 3. The number of piperazine rings is 1. The van der Waals surface area contributed by atoms with Gasteiger partial charge in [-0.05, 0) is 36.9 Å². The first kappa shape index (κ1) is 24.2. The third-order valence-corrected chi connectivity index (χ3v) is 7.15. The van der Waals surface area contributed by atoms with Crippen LogP contribution in [0.4, 0.5) is 5.69 Å². The first-order valence-electron chi connectivity index (χ1n) is 12.1. The molecule has 1 aliphatic rings. The lowest BCUT2D eigenvalue weighted by molar-refractivity contribution is -0.113. The topological polar surface area (TPSA) is 66.3 Å². The van der Waals surface area contributed by atoms with E-state index in [1.54, 1.807) is 0 Å². The minimum Gasteiger partial charge on any atom is -0.325 e. The van der Waals surface area contributed by atoms with Gasteiger partial charge in [-0.25, -0.2) is 0 Å². The molecule has 0 saturated carbocycles. The highest BCUT2D eigenvalue weighted by molar-refractivity contribution is 7.99. The molecule has 0 atom stereocenters. The highest BCUT2D eigenvalue weighted by atomic mass is 32.2. The van der Waals surface area contributed by atoms with Gasteiger partial charge in [0.2, 0.25) is 5.91 Å². The molecule has 7 nitrogen and oxygen atoms in total. The van der Waals surface area contributed by atoms with E-state index in [1.807, 2.05) is 77.4 Å². The van der Waals surface area contributed by atoms with E-state index in [4.69, 9.17) is 0 Å². The molecule has 1 fully saturated rings.